The zero-order valence-corrected chi connectivity index (χ0v) is 32.2. The van der Waals surface area contributed by atoms with E-state index in [2.05, 4.69) is 150 Å². The van der Waals surface area contributed by atoms with E-state index >= 15 is 0 Å². The number of benzene rings is 6. The second kappa shape index (κ2) is 15.7. The number of pyridine rings is 1. The summed E-state index contributed by atoms with van der Waals surface area (Å²) in [6, 6.07) is 51.5. The van der Waals surface area contributed by atoms with Crippen LogP contribution in [0.15, 0.2) is 152 Å². The van der Waals surface area contributed by atoms with E-state index in [1.807, 2.05) is 0 Å². The van der Waals surface area contributed by atoms with Crippen molar-refractivity contribution in [2.75, 3.05) is 0 Å². The van der Waals surface area contributed by atoms with Crippen LogP contribution in [0.4, 0.5) is 0 Å². The Balaban J connectivity index is 0.000000214. The van der Waals surface area contributed by atoms with Crippen LogP contribution in [0, 0.1) is 39.0 Å². The van der Waals surface area contributed by atoms with Crippen LogP contribution in [-0.4, -0.2) is 14.5 Å². The number of fused-ring (bicyclic) bond motifs is 2. The summed E-state index contributed by atoms with van der Waals surface area (Å²) < 4.78 is 47.2. The quantitative estimate of drug-likeness (QED) is 0.161. The van der Waals surface area contributed by atoms with Crippen LogP contribution in [-0.2, 0) is 20.1 Å². The molecule has 0 aliphatic carbocycles. The van der Waals surface area contributed by atoms with Gasteiger partial charge >= 0.3 is 0 Å². The summed E-state index contributed by atoms with van der Waals surface area (Å²) in [4.78, 5) is 9.32. The first-order valence-corrected chi connectivity index (χ1v) is 17.8. The molecule has 0 aliphatic heterocycles. The van der Waals surface area contributed by atoms with Crippen LogP contribution in [0.3, 0.4) is 0 Å². The minimum Gasteiger partial charge on any atom is -0.332 e. The third-order valence-electron chi connectivity index (χ3n) is 8.95. The molecule has 1 radical (unpaired) electrons. The number of thiophene rings is 1. The van der Waals surface area contributed by atoms with Crippen molar-refractivity contribution in [3.05, 3.63) is 185 Å². The zero-order valence-electron chi connectivity index (χ0n) is 35.0. The molecule has 53 heavy (non-hydrogen) atoms. The summed E-state index contributed by atoms with van der Waals surface area (Å²) in [5.41, 5.74) is 13.0. The molecule has 0 amide bonds. The largest absolute Gasteiger partial charge is 0.332 e. The second-order valence-electron chi connectivity index (χ2n) is 12.7. The van der Waals surface area contributed by atoms with Crippen LogP contribution in [0.5, 0.6) is 0 Å². The minimum absolute atomic E-state index is 0. The van der Waals surface area contributed by atoms with Gasteiger partial charge in [-0.3, -0.25) is 16.3 Å². The number of aromatic nitrogens is 3. The van der Waals surface area contributed by atoms with Gasteiger partial charge in [-0.05, 0) is 72.9 Å². The maximum absolute atomic E-state index is 7.28. The van der Waals surface area contributed by atoms with Crippen LogP contribution in [0.1, 0.15) is 30.5 Å². The third kappa shape index (κ3) is 7.42. The molecule has 9 rings (SSSR count). The average Bonchev–Trinajstić information content (AvgIpc) is 3.82. The van der Waals surface area contributed by atoms with Crippen molar-refractivity contribution in [2.45, 2.75) is 27.6 Å². The summed E-state index contributed by atoms with van der Waals surface area (Å²) in [6.45, 7) is -0.0166. The van der Waals surface area contributed by atoms with Crippen LogP contribution in [0.25, 0.3) is 71.7 Å². The zero-order chi connectivity index (χ0) is 40.6. The van der Waals surface area contributed by atoms with Crippen molar-refractivity contribution in [1.29, 1.82) is 0 Å². The Labute approximate surface area is 337 Å². The first-order valence-electron chi connectivity index (χ1n) is 20.0. The van der Waals surface area contributed by atoms with Gasteiger partial charge in [-0.25, -0.2) is 0 Å². The van der Waals surface area contributed by atoms with Crippen molar-refractivity contribution < 1.29 is 28.3 Å². The summed E-state index contributed by atoms with van der Waals surface area (Å²) >= 11 is 1.66. The standard InChI is InChI=1S/C35H25N2S.C13H12N.Ir/c1-23-17-18-33-29(19-23)30(22-38-33)35-36-31-15-9-10-16-32(31)37(35)34-27(25-11-5-3-6-12-25)20-24(2)21-28(34)26-13-7-4-8-14-26;1-10-3-6-12(7-4-10)13-8-5-11(2)9-14-13;/h3-21H,1-2H3;3-6,8-9H,1-2H3;/q2*-1;/i;1D3,2D3;. The molecule has 9 aromatic rings. The maximum atomic E-state index is 7.28. The Kier molecular flexibility index (Phi) is 8.58. The molecule has 5 heteroatoms. The molecule has 0 aliphatic rings. The molecule has 0 N–H and O–H groups in total. The number of nitrogens with zero attached hydrogens (tertiary/aromatic N) is 3. The third-order valence-corrected chi connectivity index (χ3v) is 9.83. The van der Waals surface area contributed by atoms with Gasteiger partial charge in [0.25, 0.3) is 0 Å². The van der Waals surface area contributed by atoms with E-state index in [-0.39, 0.29) is 31.2 Å². The number of imidazole rings is 1. The van der Waals surface area contributed by atoms with Gasteiger partial charge in [0.2, 0.25) is 0 Å². The van der Waals surface area contributed by atoms with Gasteiger partial charge in [-0.15, -0.1) is 46.8 Å². The Hall–Kier alpha value is -5.45. The van der Waals surface area contributed by atoms with Crippen molar-refractivity contribution in [3.63, 3.8) is 0 Å². The van der Waals surface area contributed by atoms with Gasteiger partial charge in [0.1, 0.15) is 0 Å². The van der Waals surface area contributed by atoms with Gasteiger partial charge in [-0.1, -0.05) is 125 Å². The minimum atomic E-state index is -2.18. The molecule has 6 aromatic carbocycles. The number of hydrogen-bond donors (Lipinski definition) is 0. The SMILES string of the molecule is Cc1cc(-c2ccccc2)c(-n2c(-c3[c-]sc4ccc(C)cc34)nc3ccccc32)c(-c2ccccc2)c1.[2H]C([2H])([2H])c1c[c-]c(-c2ccc(C([2H])([2H])[2H])cn2)cc1.[Ir]. The molecule has 3 aromatic heterocycles. The van der Waals surface area contributed by atoms with Gasteiger partial charge in [0.15, 0.2) is 0 Å². The number of hydrogen-bond acceptors (Lipinski definition) is 3. The number of rotatable bonds is 5. The van der Waals surface area contributed by atoms with Crippen LogP contribution >= 0.6 is 11.3 Å². The first-order chi connectivity index (χ1) is 27.8. The molecule has 261 valence electrons. The summed E-state index contributed by atoms with van der Waals surface area (Å²) in [6.07, 6.45) is 1.30. The van der Waals surface area contributed by atoms with Crippen molar-refractivity contribution in [3.8, 4) is 50.6 Å². The summed E-state index contributed by atoms with van der Waals surface area (Å²) in [5, 5.41) is 4.81. The predicted octanol–water partition coefficient (Wildman–Crippen LogP) is 12.8. The van der Waals surface area contributed by atoms with E-state index in [4.69, 9.17) is 13.2 Å². The van der Waals surface area contributed by atoms with E-state index < -0.39 is 13.7 Å². The normalized spacial score (nSPS) is 13.0. The number of para-hydroxylation sites is 2. The fraction of sp³-hybridized carbons (Fsp3) is 0.0833. The number of aryl methyl sites for hydroxylation is 4. The van der Waals surface area contributed by atoms with Gasteiger partial charge in [-0.2, -0.15) is 0 Å². The molecule has 3 heterocycles. The summed E-state index contributed by atoms with van der Waals surface area (Å²) in [7, 11) is 0. The van der Waals surface area contributed by atoms with Gasteiger partial charge < -0.3 is 9.55 Å². The van der Waals surface area contributed by atoms with E-state index in [9.17, 15) is 0 Å². The predicted molar refractivity (Wildman–Crippen MR) is 219 cm³/mol. The van der Waals surface area contributed by atoms with Crippen LogP contribution in [0.2, 0.25) is 0 Å². The smallest absolute Gasteiger partial charge is 0.0774 e. The van der Waals surface area contributed by atoms with Crippen molar-refractivity contribution in [1.82, 2.24) is 14.5 Å². The van der Waals surface area contributed by atoms with Crippen LogP contribution < -0.4 is 0 Å². The fourth-order valence-electron chi connectivity index (χ4n) is 6.51. The molecule has 0 unspecified atom stereocenters. The summed E-state index contributed by atoms with van der Waals surface area (Å²) in [5.74, 6) is 0.918. The molecule has 0 spiro atoms. The van der Waals surface area contributed by atoms with E-state index in [1.54, 1.807) is 23.5 Å². The Bertz CT molecular complexity index is 2750. The Morgan fingerprint density at radius 2 is 1.32 bits per heavy atom. The van der Waals surface area contributed by atoms with Gasteiger partial charge in [0, 0.05) is 45.7 Å². The van der Waals surface area contributed by atoms with Gasteiger partial charge in [0.05, 0.1) is 22.5 Å². The molecular weight excluding hydrogens is 843 g/mol. The molecule has 3 nitrogen and oxygen atoms in total. The molecular formula is C48H37IrN3S-2. The average molecular weight is 886 g/mol. The Morgan fingerprint density at radius 3 is 1.96 bits per heavy atom. The monoisotopic (exact) mass is 886 g/mol. The van der Waals surface area contributed by atoms with E-state index in [0.717, 1.165) is 28.1 Å². The maximum Gasteiger partial charge on any atom is 0.0774 e. The van der Waals surface area contributed by atoms with Crippen molar-refractivity contribution >= 4 is 32.5 Å². The van der Waals surface area contributed by atoms with E-state index in [1.165, 1.54) is 67.9 Å². The molecule has 0 atom stereocenters. The topological polar surface area (TPSA) is 30.7 Å². The Morgan fingerprint density at radius 1 is 0.660 bits per heavy atom. The molecule has 0 saturated heterocycles. The second-order valence-corrected chi connectivity index (χ2v) is 13.6. The molecule has 0 fully saturated rings. The first kappa shape index (κ1) is 29.1. The van der Waals surface area contributed by atoms with Crippen molar-refractivity contribution in [2.24, 2.45) is 0 Å². The van der Waals surface area contributed by atoms with E-state index in [0.29, 0.717) is 11.3 Å². The fourth-order valence-corrected chi connectivity index (χ4v) is 7.33. The molecule has 0 bridgehead atoms. The molecule has 0 saturated carbocycles.